The first kappa shape index (κ1) is 9.54. The molecule has 0 bridgehead atoms. The number of aromatic amines is 1. The van der Waals surface area contributed by atoms with E-state index in [1.165, 1.54) is 12.8 Å². The minimum absolute atomic E-state index is 0.165. The highest BCUT2D eigenvalue weighted by Gasteiger charge is 2.17. The molecular weight excluding hydrogens is 180 g/mol. The number of nitrogens with zero attached hydrogens (tertiary/aromatic N) is 3. The molecule has 1 saturated heterocycles. The molecule has 2 heterocycles. The molecule has 14 heavy (non-hydrogen) atoms. The molecule has 0 saturated carbocycles. The van der Waals surface area contributed by atoms with Crippen LogP contribution in [0.3, 0.4) is 0 Å². The van der Waals surface area contributed by atoms with Gasteiger partial charge in [-0.1, -0.05) is 5.21 Å². The fourth-order valence-electron chi connectivity index (χ4n) is 1.78. The van der Waals surface area contributed by atoms with Crippen molar-refractivity contribution < 1.29 is 0 Å². The summed E-state index contributed by atoms with van der Waals surface area (Å²) >= 11 is 0. The monoisotopic (exact) mass is 196 g/mol. The van der Waals surface area contributed by atoms with Gasteiger partial charge in [0.15, 0.2) is 5.82 Å². The quantitative estimate of drug-likeness (QED) is 0.613. The highest BCUT2D eigenvalue weighted by Crippen LogP contribution is 2.09. The van der Waals surface area contributed by atoms with Crippen molar-refractivity contribution >= 4 is 0 Å². The summed E-state index contributed by atoms with van der Waals surface area (Å²) in [6, 6.07) is 0.691. The van der Waals surface area contributed by atoms with E-state index < -0.39 is 0 Å². The summed E-state index contributed by atoms with van der Waals surface area (Å²) in [5.41, 5.74) is 0. The number of aromatic nitrogens is 4. The predicted octanol–water partition coefficient (Wildman–Crippen LogP) is -0.398. The van der Waals surface area contributed by atoms with Gasteiger partial charge >= 0.3 is 0 Å². The van der Waals surface area contributed by atoms with E-state index in [0.29, 0.717) is 6.04 Å². The van der Waals surface area contributed by atoms with Gasteiger partial charge in [0.1, 0.15) is 0 Å². The maximum Gasteiger partial charge on any atom is 0.191 e. The summed E-state index contributed by atoms with van der Waals surface area (Å²) in [5, 5.41) is 20.7. The molecule has 0 spiro atoms. The zero-order chi connectivity index (χ0) is 9.80. The van der Waals surface area contributed by atoms with E-state index in [-0.39, 0.29) is 6.04 Å². The zero-order valence-electron chi connectivity index (χ0n) is 8.32. The highest BCUT2D eigenvalue weighted by atomic mass is 15.5. The van der Waals surface area contributed by atoms with E-state index in [1.54, 1.807) is 0 Å². The summed E-state index contributed by atoms with van der Waals surface area (Å²) < 4.78 is 0. The number of rotatable bonds is 3. The Morgan fingerprint density at radius 3 is 3.14 bits per heavy atom. The van der Waals surface area contributed by atoms with Crippen molar-refractivity contribution in [3.63, 3.8) is 0 Å². The topological polar surface area (TPSA) is 78.5 Å². The SMILES string of the molecule is CC(NC1CCCNC1)c1nn[nH]n1. The zero-order valence-corrected chi connectivity index (χ0v) is 8.32. The van der Waals surface area contributed by atoms with E-state index in [9.17, 15) is 0 Å². The fraction of sp³-hybridized carbons (Fsp3) is 0.875. The van der Waals surface area contributed by atoms with Gasteiger partial charge in [0.2, 0.25) is 0 Å². The number of hydrogen-bond acceptors (Lipinski definition) is 5. The van der Waals surface area contributed by atoms with Crippen LogP contribution in [0.5, 0.6) is 0 Å². The number of nitrogens with one attached hydrogen (secondary N) is 3. The average Bonchev–Trinajstić information content (AvgIpc) is 2.72. The maximum absolute atomic E-state index is 3.95. The smallest absolute Gasteiger partial charge is 0.191 e. The molecule has 0 radical (unpaired) electrons. The van der Waals surface area contributed by atoms with Gasteiger partial charge in [-0.25, -0.2) is 0 Å². The molecule has 1 fully saturated rings. The van der Waals surface area contributed by atoms with Crippen molar-refractivity contribution in [2.24, 2.45) is 0 Å². The van der Waals surface area contributed by atoms with Crippen molar-refractivity contribution in [3.8, 4) is 0 Å². The summed E-state index contributed by atoms with van der Waals surface area (Å²) in [4.78, 5) is 0. The van der Waals surface area contributed by atoms with E-state index >= 15 is 0 Å². The second-order valence-electron chi connectivity index (χ2n) is 3.70. The second kappa shape index (κ2) is 4.47. The molecule has 3 N–H and O–H groups in total. The van der Waals surface area contributed by atoms with Crippen LogP contribution in [0, 0.1) is 0 Å². The third kappa shape index (κ3) is 2.27. The lowest BCUT2D eigenvalue weighted by atomic mass is 10.1. The molecule has 0 aromatic carbocycles. The van der Waals surface area contributed by atoms with Gasteiger partial charge in [-0.15, -0.1) is 10.2 Å². The molecule has 6 nitrogen and oxygen atoms in total. The van der Waals surface area contributed by atoms with Crippen LogP contribution >= 0.6 is 0 Å². The van der Waals surface area contributed by atoms with E-state index in [1.807, 2.05) is 0 Å². The third-order valence-corrected chi connectivity index (χ3v) is 2.53. The van der Waals surface area contributed by atoms with Crippen molar-refractivity contribution in [3.05, 3.63) is 5.82 Å². The minimum Gasteiger partial charge on any atom is -0.315 e. The van der Waals surface area contributed by atoms with E-state index in [4.69, 9.17) is 0 Å². The predicted molar refractivity (Wildman–Crippen MR) is 51.6 cm³/mol. The van der Waals surface area contributed by atoms with Crippen molar-refractivity contribution in [1.82, 2.24) is 31.3 Å². The van der Waals surface area contributed by atoms with Gasteiger partial charge in [0.05, 0.1) is 6.04 Å². The lowest BCUT2D eigenvalue weighted by Gasteiger charge is -2.25. The van der Waals surface area contributed by atoms with E-state index in [2.05, 4.69) is 38.2 Å². The van der Waals surface area contributed by atoms with Gasteiger partial charge in [-0.3, -0.25) is 0 Å². The molecular formula is C8H16N6. The summed E-state index contributed by atoms with van der Waals surface area (Å²) in [6.45, 7) is 4.22. The second-order valence-corrected chi connectivity index (χ2v) is 3.70. The molecule has 2 atom stereocenters. The first-order chi connectivity index (χ1) is 6.86. The molecule has 1 aliphatic rings. The molecule has 78 valence electrons. The molecule has 1 aliphatic heterocycles. The summed E-state index contributed by atoms with van der Waals surface area (Å²) in [7, 11) is 0. The Kier molecular flexibility index (Phi) is 3.05. The Morgan fingerprint density at radius 2 is 2.50 bits per heavy atom. The molecule has 1 aromatic heterocycles. The Labute approximate surface area is 82.9 Å². The third-order valence-electron chi connectivity index (χ3n) is 2.53. The van der Waals surface area contributed by atoms with Gasteiger partial charge < -0.3 is 10.6 Å². The van der Waals surface area contributed by atoms with Crippen LogP contribution in [0.25, 0.3) is 0 Å². The number of hydrogen-bond donors (Lipinski definition) is 3. The van der Waals surface area contributed by atoms with Crippen molar-refractivity contribution in [2.75, 3.05) is 13.1 Å². The molecule has 2 unspecified atom stereocenters. The molecule has 2 rings (SSSR count). The lowest BCUT2D eigenvalue weighted by molar-refractivity contribution is 0.356. The van der Waals surface area contributed by atoms with Crippen molar-refractivity contribution in [2.45, 2.75) is 31.8 Å². The Hall–Kier alpha value is -1.01. The molecule has 0 aliphatic carbocycles. The molecule has 6 heteroatoms. The fourth-order valence-corrected chi connectivity index (χ4v) is 1.78. The normalized spacial score (nSPS) is 24.8. The Morgan fingerprint density at radius 1 is 1.57 bits per heavy atom. The minimum atomic E-state index is 0.165. The standard InChI is InChI=1S/C8H16N6/c1-6(8-11-13-14-12-8)10-7-3-2-4-9-5-7/h6-7,9-10H,2-5H2,1H3,(H,11,12,13,14). The van der Waals surface area contributed by atoms with Crippen LogP contribution in [-0.4, -0.2) is 39.8 Å². The summed E-state index contributed by atoms with van der Waals surface area (Å²) in [6.07, 6.45) is 2.45. The van der Waals surface area contributed by atoms with Gasteiger partial charge in [0.25, 0.3) is 0 Å². The summed E-state index contributed by atoms with van der Waals surface area (Å²) in [5.74, 6) is 0.732. The average molecular weight is 196 g/mol. The Bertz CT molecular complexity index is 253. The molecule has 0 amide bonds. The number of piperidine rings is 1. The highest BCUT2D eigenvalue weighted by molar-refractivity contribution is 4.89. The van der Waals surface area contributed by atoms with Crippen molar-refractivity contribution in [1.29, 1.82) is 0 Å². The van der Waals surface area contributed by atoms with Crippen LogP contribution in [0.2, 0.25) is 0 Å². The Balaban J connectivity index is 1.84. The lowest BCUT2D eigenvalue weighted by Crippen LogP contribution is -2.44. The van der Waals surface area contributed by atoms with E-state index in [0.717, 1.165) is 18.9 Å². The number of tetrazole rings is 1. The van der Waals surface area contributed by atoms with Crippen LogP contribution in [0.1, 0.15) is 31.6 Å². The van der Waals surface area contributed by atoms with Crippen LogP contribution in [-0.2, 0) is 0 Å². The first-order valence-corrected chi connectivity index (χ1v) is 5.06. The maximum atomic E-state index is 3.95. The molecule has 1 aromatic rings. The van der Waals surface area contributed by atoms with Crippen LogP contribution in [0.15, 0.2) is 0 Å². The van der Waals surface area contributed by atoms with Gasteiger partial charge in [0, 0.05) is 12.6 Å². The van der Waals surface area contributed by atoms with Crippen LogP contribution in [0.4, 0.5) is 0 Å². The first-order valence-electron chi connectivity index (χ1n) is 5.06. The van der Waals surface area contributed by atoms with Crippen LogP contribution < -0.4 is 10.6 Å². The van der Waals surface area contributed by atoms with Gasteiger partial charge in [-0.05, 0) is 26.3 Å². The largest absolute Gasteiger partial charge is 0.315 e. The van der Waals surface area contributed by atoms with Gasteiger partial charge in [-0.2, -0.15) is 5.21 Å². The number of H-pyrrole nitrogens is 1.